The second-order valence-electron chi connectivity index (χ2n) is 6.29. The van der Waals surface area contributed by atoms with E-state index >= 15 is 0 Å². The Hall–Kier alpha value is -2.75. The molecule has 7 nitrogen and oxygen atoms in total. The Bertz CT molecular complexity index is 965. The first-order valence-corrected chi connectivity index (χ1v) is 8.23. The molecule has 0 aliphatic carbocycles. The molecule has 0 fully saturated rings. The van der Waals surface area contributed by atoms with Crippen molar-refractivity contribution in [1.29, 1.82) is 0 Å². The first kappa shape index (κ1) is 19.0. The Morgan fingerprint density at radius 2 is 1.93 bits per heavy atom. The highest BCUT2D eigenvalue weighted by Crippen LogP contribution is 2.31. The number of fused-ring (bicyclic) bond motifs is 1. The molecule has 10 heteroatoms. The molecular weight excluding hydrogens is 365 g/mol. The molecule has 0 saturated heterocycles. The average Bonchev–Trinajstić information content (AvgIpc) is 2.64. The van der Waals surface area contributed by atoms with E-state index in [1.54, 1.807) is 7.05 Å². The molecule has 2 heterocycles. The fourth-order valence-corrected chi connectivity index (χ4v) is 2.96. The number of aromatic nitrogens is 2. The lowest BCUT2D eigenvalue weighted by Gasteiger charge is -2.30. The van der Waals surface area contributed by atoms with Crippen molar-refractivity contribution in [3.8, 4) is 5.75 Å². The van der Waals surface area contributed by atoms with Gasteiger partial charge in [0.25, 0.3) is 5.56 Å². The van der Waals surface area contributed by atoms with Crippen molar-refractivity contribution >= 4 is 5.82 Å². The van der Waals surface area contributed by atoms with Gasteiger partial charge in [0, 0.05) is 27.2 Å². The molecule has 1 aromatic heterocycles. The highest BCUT2D eigenvalue weighted by molar-refractivity contribution is 5.45. The monoisotopic (exact) mass is 384 g/mol. The lowest BCUT2D eigenvalue weighted by molar-refractivity contribution is -0.137. The number of halogens is 3. The maximum absolute atomic E-state index is 12.7. The van der Waals surface area contributed by atoms with Crippen molar-refractivity contribution in [2.75, 3.05) is 25.1 Å². The summed E-state index contributed by atoms with van der Waals surface area (Å²) in [6.45, 7) is 1.26. The molecular formula is C17H19F3N4O3. The van der Waals surface area contributed by atoms with E-state index in [0.29, 0.717) is 31.1 Å². The zero-order chi connectivity index (χ0) is 19.8. The number of ether oxygens (including phenoxy) is 1. The molecule has 0 unspecified atom stereocenters. The second-order valence-corrected chi connectivity index (χ2v) is 6.29. The van der Waals surface area contributed by atoms with Gasteiger partial charge >= 0.3 is 11.9 Å². The summed E-state index contributed by atoms with van der Waals surface area (Å²) in [4.78, 5) is 26.1. The summed E-state index contributed by atoms with van der Waals surface area (Å²) >= 11 is 0. The summed E-state index contributed by atoms with van der Waals surface area (Å²) in [5.74, 6) is 0.617. The second kappa shape index (κ2) is 7.10. The lowest BCUT2D eigenvalue weighted by Crippen LogP contribution is -2.46. The van der Waals surface area contributed by atoms with E-state index in [4.69, 9.17) is 4.74 Å². The molecule has 1 aromatic carbocycles. The Kier molecular flexibility index (Phi) is 5.01. The number of hydrogen-bond acceptors (Lipinski definition) is 5. The maximum atomic E-state index is 12.7. The smallest absolute Gasteiger partial charge is 0.416 e. The number of nitrogens with zero attached hydrogens (tertiary/aromatic N) is 3. The van der Waals surface area contributed by atoms with Gasteiger partial charge in [-0.15, -0.1) is 0 Å². The van der Waals surface area contributed by atoms with E-state index in [1.165, 1.54) is 23.7 Å². The highest BCUT2D eigenvalue weighted by atomic mass is 19.4. The van der Waals surface area contributed by atoms with Crippen LogP contribution in [-0.4, -0.2) is 33.9 Å². The normalized spacial score (nSPS) is 14.6. The molecule has 0 bridgehead atoms. The summed E-state index contributed by atoms with van der Waals surface area (Å²) in [7, 11) is 3.00. The predicted molar refractivity (Wildman–Crippen MR) is 92.8 cm³/mol. The number of rotatable bonds is 4. The van der Waals surface area contributed by atoms with E-state index in [1.807, 2.05) is 4.90 Å². The van der Waals surface area contributed by atoms with Crippen molar-refractivity contribution in [2.45, 2.75) is 12.7 Å². The summed E-state index contributed by atoms with van der Waals surface area (Å²) in [6, 6.07) is 4.69. The van der Waals surface area contributed by atoms with Gasteiger partial charge in [0.05, 0.1) is 17.8 Å². The number of nitrogens with one attached hydrogen (secondary N) is 1. The molecule has 3 rings (SSSR count). The van der Waals surface area contributed by atoms with Crippen LogP contribution in [0.5, 0.6) is 5.75 Å². The third kappa shape index (κ3) is 3.85. The topological polar surface area (TPSA) is 68.5 Å². The van der Waals surface area contributed by atoms with Crippen LogP contribution in [0.15, 0.2) is 33.9 Å². The minimum atomic E-state index is -4.42. The molecule has 1 N–H and O–H groups in total. The lowest BCUT2D eigenvalue weighted by atomic mass is 10.2. The Morgan fingerprint density at radius 1 is 1.19 bits per heavy atom. The molecule has 1 aliphatic rings. The predicted octanol–water partition coefficient (Wildman–Crippen LogP) is 1.37. The minimum Gasteiger partial charge on any atom is -0.492 e. The third-order valence-electron chi connectivity index (χ3n) is 4.45. The molecule has 2 aromatic rings. The standard InChI is InChI=1S/C17H19F3N4O3/c1-22-14-13(15(25)23(2)16(22)26)9-24(10-21-14)6-7-27-12-5-3-4-11(8-12)17(18,19)20/h3-5,8,21H,6-7,9-10H2,1-2H3. The first-order valence-electron chi connectivity index (χ1n) is 8.23. The van der Waals surface area contributed by atoms with Gasteiger partial charge in [-0.3, -0.25) is 18.8 Å². The first-order chi connectivity index (χ1) is 12.7. The molecule has 27 heavy (non-hydrogen) atoms. The van der Waals surface area contributed by atoms with Crippen LogP contribution in [0.4, 0.5) is 19.0 Å². The molecule has 0 saturated carbocycles. The largest absolute Gasteiger partial charge is 0.492 e. The zero-order valence-corrected chi connectivity index (χ0v) is 14.8. The van der Waals surface area contributed by atoms with Crippen molar-refractivity contribution in [3.05, 3.63) is 56.2 Å². The molecule has 146 valence electrons. The van der Waals surface area contributed by atoms with Crippen molar-refractivity contribution < 1.29 is 17.9 Å². The fraction of sp³-hybridized carbons (Fsp3) is 0.412. The Morgan fingerprint density at radius 3 is 2.63 bits per heavy atom. The maximum Gasteiger partial charge on any atom is 0.416 e. The fourth-order valence-electron chi connectivity index (χ4n) is 2.96. The van der Waals surface area contributed by atoms with Crippen LogP contribution in [-0.2, 0) is 26.8 Å². The van der Waals surface area contributed by atoms with E-state index in [2.05, 4.69) is 5.32 Å². The number of anilines is 1. The number of alkyl halides is 3. The van der Waals surface area contributed by atoms with Gasteiger partial charge in [0.2, 0.25) is 0 Å². The zero-order valence-electron chi connectivity index (χ0n) is 14.8. The molecule has 0 spiro atoms. The van der Waals surface area contributed by atoms with Crippen LogP contribution in [0.2, 0.25) is 0 Å². The Labute approximate surface area is 152 Å². The van der Waals surface area contributed by atoms with Crippen molar-refractivity contribution in [2.24, 2.45) is 14.1 Å². The van der Waals surface area contributed by atoms with Gasteiger partial charge in [0.1, 0.15) is 18.2 Å². The average molecular weight is 384 g/mol. The van der Waals surface area contributed by atoms with Gasteiger partial charge < -0.3 is 10.1 Å². The van der Waals surface area contributed by atoms with Crippen LogP contribution in [0.1, 0.15) is 11.1 Å². The van der Waals surface area contributed by atoms with Gasteiger partial charge in [-0.25, -0.2) is 4.79 Å². The molecule has 0 atom stereocenters. The van der Waals surface area contributed by atoms with E-state index in [-0.39, 0.29) is 17.9 Å². The van der Waals surface area contributed by atoms with Gasteiger partial charge in [-0.05, 0) is 18.2 Å². The summed E-state index contributed by atoms with van der Waals surface area (Å²) < 4.78 is 46.0. The van der Waals surface area contributed by atoms with Crippen molar-refractivity contribution in [1.82, 2.24) is 14.0 Å². The van der Waals surface area contributed by atoms with Crippen LogP contribution in [0, 0.1) is 0 Å². The van der Waals surface area contributed by atoms with Gasteiger partial charge in [-0.2, -0.15) is 13.2 Å². The van der Waals surface area contributed by atoms with Crippen LogP contribution >= 0.6 is 0 Å². The molecule has 0 radical (unpaired) electrons. The van der Waals surface area contributed by atoms with Crippen LogP contribution in [0.3, 0.4) is 0 Å². The quantitative estimate of drug-likeness (QED) is 0.862. The van der Waals surface area contributed by atoms with E-state index in [9.17, 15) is 22.8 Å². The summed E-state index contributed by atoms with van der Waals surface area (Å²) in [6.07, 6.45) is -4.42. The molecule has 0 amide bonds. The minimum absolute atomic E-state index is 0.133. The van der Waals surface area contributed by atoms with E-state index < -0.39 is 17.4 Å². The number of benzene rings is 1. The summed E-state index contributed by atoms with van der Waals surface area (Å²) in [5, 5.41) is 3.04. The SMILES string of the molecule is Cn1c2c(c(=O)n(C)c1=O)CN(CCOc1cccc(C(F)(F)F)c1)CN2. The molecule has 1 aliphatic heterocycles. The van der Waals surface area contributed by atoms with Crippen LogP contribution < -0.4 is 21.3 Å². The van der Waals surface area contributed by atoms with Gasteiger partial charge in [0.15, 0.2) is 0 Å². The highest BCUT2D eigenvalue weighted by Gasteiger charge is 2.30. The summed E-state index contributed by atoms with van der Waals surface area (Å²) in [5.41, 5.74) is -1.08. The van der Waals surface area contributed by atoms with E-state index in [0.717, 1.165) is 16.7 Å². The third-order valence-corrected chi connectivity index (χ3v) is 4.45. The van der Waals surface area contributed by atoms with Crippen molar-refractivity contribution in [3.63, 3.8) is 0 Å². The van der Waals surface area contributed by atoms with Crippen LogP contribution in [0.25, 0.3) is 0 Å². The van der Waals surface area contributed by atoms with Gasteiger partial charge in [-0.1, -0.05) is 6.07 Å². The number of hydrogen-bond donors (Lipinski definition) is 1. The Balaban J connectivity index is 1.65.